The minimum absolute atomic E-state index is 0.0490. The Balaban J connectivity index is 2.36. The summed E-state index contributed by atoms with van der Waals surface area (Å²) in [5.41, 5.74) is 3.08. The molecule has 3 nitrogen and oxygen atoms in total. The summed E-state index contributed by atoms with van der Waals surface area (Å²) in [5, 5.41) is 5.85. The van der Waals surface area contributed by atoms with Gasteiger partial charge in [-0.25, -0.2) is 0 Å². The van der Waals surface area contributed by atoms with Crippen molar-refractivity contribution in [2.24, 2.45) is 0 Å². The summed E-state index contributed by atoms with van der Waals surface area (Å²) in [7, 11) is 1.90. The minimum Gasteiger partial charge on any atom is -0.348 e. The van der Waals surface area contributed by atoms with E-state index >= 15 is 0 Å². The van der Waals surface area contributed by atoms with Gasteiger partial charge in [0.2, 0.25) is 0 Å². The molecule has 0 spiro atoms. The van der Waals surface area contributed by atoms with E-state index in [2.05, 4.69) is 16.7 Å². The van der Waals surface area contributed by atoms with Crippen molar-refractivity contribution in [1.82, 2.24) is 10.6 Å². The van der Waals surface area contributed by atoms with Crippen molar-refractivity contribution in [1.29, 1.82) is 0 Å². The zero-order chi connectivity index (χ0) is 9.26. The maximum atomic E-state index is 11.3. The molecule has 0 aromatic heterocycles. The van der Waals surface area contributed by atoms with E-state index in [0.29, 0.717) is 6.54 Å². The molecule has 0 radical (unpaired) electrons. The molecule has 1 aromatic carbocycles. The lowest BCUT2D eigenvalue weighted by atomic mass is 10.1. The van der Waals surface area contributed by atoms with Crippen molar-refractivity contribution in [3.63, 3.8) is 0 Å². The lowest BCUT2D eigenvalue weighted by molar-refractivity contribution is 0.0965. The van der Waals surface area contributed by atoms with Gasteiger partial charge >= 0.3 is 0 Å². The average molecular weight is 176 g/mol. The highest BCUT2D eigenvalue weighted by molar-refractivity contribution is 5.98. The van der Waals surface area contributed by atoms with Gasteiger partial charge in [-0.3, -0.25) is 4.79 Å². The van der Waals surface area contributed by atoms with E-state index in [4.69, 9.17) is 0 Å². The minimum atomic E-state index is 0.0490. The molecular formula is C10H12N2O. The standard InChI is InChI=1S/C10H12N2O/c1-11-5-7-2-3-8-6-12-10(13)9(8)4-7/h2-4,11H,5-6H2,1H3,(H,12,13). The highest BCUT2D eigenvalue weighted by Gasteiger charge is 2.18. The number of carbonyl (C=O) groups excluding carboxylic acids is 1. The Morgan fingerprint density at radius 3 is 3.15 bits per heavy atom. The van der Waals surface area contributed by atoms with Gasteiger partial charge in [-0.1, -0.05) is 12.1 Å². The van der Waals surface area contributed by atoms with Gasteiger partial charge in [-0.15, -0.1) is 0 Å². The normalized spacial score (nSPS) is 14.1. The Bertz CT molecular complexity index is 347. The fraction of sp³-hybridized carbons (Fsp3) is 0.300. The number of hydrogen-bond acceptors (Lipinski definition) is 2. The number of nitrogens with one attached hydrogen (secondary N) is 2. The van der Waals surface area contributed by atoms with Crippen LogP contribution in [0.15, 0.2) is 18.2 Å². The van der Waals surface area contributed by atoms with Crippen LogP contribution in [0.2, 0.25) is 0 Å². The molecular weight excluding hydrogens is 164 g/mol. The second kappa shape index (κ2) is 3.18. The number of fused-ring (bicyclic) bond motifs is 1. The highest BCUT2D eigenvalue weighted by atomic mass is 16.1. The van der Waals surface area contributed by atoms with Crippen molar-refractivity contribution < 1.29 is 4.79 Å². The van der Waals surface area contributed by atoms with Gasteiger partial charge < -0.3 is 10.6 Å². The molecule has 0 fully saturated rings. The summed E-state index contributed by atoms with van der Waals surface area (Å²) in [4.78, 5) is 11.3. The molecule has 3 heteroatoms. The molecule has 0 unspecified atom stereocenters. The van der Waals surface area contributed by atoms with E-state index in [1.165, 1.54) is 0 Å². The Morgan fingerprint density at radius 1 is 1.54 bits per heavy atom. The quantitative estimate of drug-likeness (QED) is 0.694. The second-order valence-electron chi connectivity index (χ2n) is 3.20. The van der Waals surface area contributed by atoms with Crippen LogP contribution < -0.4 is 10.6 Å². The molecule has 1 aliphatic rings. The number of rotatable bonds is 2. The maximum absolute atomic E-state index is 11.3. The average Bonchev–Trinajstić information content (AvgIpc) is 2.49. The SMILES string of the molecule is CNCc1ccc2c(c1)C(=O)NC2. The van der Waals surface area contributed by atoms with Gasteiger partial charge in [0.15, 0.2) is 0 Å². The molecule has 2 rings (SSSR count). The van der Waals surface area contributed by atoms with Crippen LogP contribution in [-0.2, 0) is 13.1 Å². The van der Waals surface area contributed by atoms with E-state index in [-0.39, 0.29) is 5.91 Å². The topological polar surface area (TPSA) is 41.1 Å². The summed E-state index contributed by atoms with van der Waals surface area (Å²) in [5.74, 6) is 0.0490. The number of benzene rings is 1. The predicted octanol–water partition coefficient (Wildman–Crippen LogP) is 0.649. The van der Waals surface area contributed by atoms with Crippen molar-refractivity contribution in [2.75, 3.05) is 7.05 Å². The first-order valence-corrected chi connectivity index (χ1v) is 4.36. The van der Waals surface area contributed by atoms with Gasteiger partial charge in [0, 0.05) is 18.7 Å². The summed E-state index contributed by atoms with van der Waals surface area (Å²) >= 11 is 0. The Labute approximate surface area is 77.1 Å². The lowest BCUT2D eigenvalue weighted by Crippen LogP contribution is -2.12. The third kappa shape index (κ3) is 1.42. The largest absolute Gasteiger partial charge is 0.348 e. The first kappa shape index (κ1) is 8.26. The van der Waals surface area contributed by atoms with Crippen LogP contribution in [0, 0.1) is 0 Å². The molecule has 1 heterocycles. The highest BCUT2D eigenvalue weighted by Crippen LogP contribution is 2.16. The first-order valence-electron chi connectivity index (χ1n) is 4.36. The van der Waals surface area contributed by atoms with Gasteiger partial charge in [-0.05, 0) is 24.2 Å². The fourth-order valence-electron chi connectivity index (χ4n) is 1.57. The van der Waals surface area contributed by atoms with Gasteiger partial charge in [0.25, 0.3) is 5.91 Å². The van der Waals surface area contributed by atoms with Gasteiger partial charge in [0.05, 0.1) is 0 Å². The number of carbonyl (C=O) groups is 1. The van der Waals surface area contributed by atoms with E-state index < -0.39 is 0 Å². The van der Waals surface area contributed by atoms with Gasteiger partial charge in [-0.2, -0.15) is 0 Å². The molecule has 0 aliphatic carbocycles. The summed E-state index contributed by atoms with van der Waals surface area (Å²) < 4.78 is 0. The molecule has 13 heavy (non-hydrogen) atoms. The molecule has 0 bridgehead atoms. The molecule has 1 aromatic rings. The van der Waals surface area contributed by atoms with E-state index in [1.807, 2.05) is 19.2 Å². The van der Waals surface area contributed by atoms with Crippen molar-refractivity contribution in [3.8, 4) is 0 Å². The monoisotopic (exact) mass is 176 g/mol. The van der Waals surface area contributed by atoms with Crippen LogP contribution in [0.5, 0.6) is 0 Å². The second-order valence-corrected chi connectivity index (χ2v) is 3.20. The zero-order valence-corrected chi connectivity index (χ0v) is 7.55. The molecule has 68 valence electrons. The van der Waals surface area contributed by atoms with Crippen molar-refractivity contribution >= 4 is 5.91 Å². The van der Waals surface area contributed by atoms with E-state index in [9.17, 15) is 4.79 Å². The summed E-state index contributed by atoms with van der Waals surface area (Å²) in [6.07, 6.45) is 0. The zero-order valence-electron chi connectivity index (χ0n) is 7.55. The predicted molar refractivity (Wildman–Crippen MR) is 50.4 cm³/mol. The number of amides is 1. The summed E-state index contributed by atoms with van der Waals surface area (Å²) in [6.45, 7) is 1.48. The molecule has 0 atom stereocenters. The van der Waals surface area contributed by atoms with Gasteiger partial charge in [0.1, 0.15) is 0 Å². The third-order valence-corrected chi connectivity index (χ3v) is 2.24. The fourth-order valence-corrected chi connectivity index (χ4v) is 1.57. The van der Waals surface area contributed by atoms with Crippen LogP contribution in [0.3, 0.4) is 0 Å². The van der Waals surface area contributed by atoms with Crippen LogP contribution in [0.1, 0.15) is 21.5 Å². The van der Waals surface area contributed by atoms with Crippen LogP contribution in [0.25, 0.3) is 0 Å². The molecule has 2 N–H and O–H groups in total. The van der Waals surface area contributed by atoms with Crippen LogP contribution >= 0.6 is 0 Å². The smallest absolute Gasteiger partial charge is 0.251 e. The molecule has 0 saturated heterocycles. The lowest BCUT2D eigenvalue weighted by Gasteiger charge is -2.01. The van der Waals surface area contributed by atoms with Crippen LogP contribution in [0.4, 0.5) is 0 Å². The Morgan fingerprint density at radius 2 is 2.38 bits per heavy atom. The summed E-state index contributed by atoms with van der Waals surface area (Å²) in [6, 6.07) is 6.02. The third-order valence-electron chi connectivity index (χ3n) is 2.24. The molecule has 1 amide bonds. The maximum Gasteiger partial charge on any atom is 0.251 e. The molecule has 0 saturated carbocycles. The Hall–Kier alpha value is -1.35. The van der Waals surface area contributed by atoms with Crippen LogP contribution in [-0.4, -0.2) is 13.0 Å². The van der Waals surface area contributed by atoms with E-state index in [1.54, 1.807) is 0 Å². The van der Waals surface area contributed by atoms with E-state index in [0.717, 1.165) is 23.2 Å². The molecule has 1 aliphatic heterocycles. The van der Waals surface area contributed by atoms with Crippen molar-refractivity contribution in [2.45, 2.75) is 13.1 Å². The number of hydrogen-bond donors (Lipinski definition) is 2. The Kier molecular flexibility index (Phi) is 2.02. The van der Waals surface area contributed by atoms with Crippen molar-refractivity contribution in [3.05, 3.63) is 34.9 Å². The first-order chi connectivity index (χ1) is 6.31.